The molecule has 0 spiro atoms. The standard InChI is InChI=1S/C12H9F2IOS/c13-9-3-1-2-7(12(9)14)4-10(16)8-5-11(15)17-6-8/h1-3,5-6,10,16H,4H2. The maximum absolute atomic E-state index is 13.4. The first-order chi connectivity index (χ1) is 8.08. The Morgan fingerprint density at radius 1 is 1.35 bits per heavy atom. The highest BCUT2D eigenvalue weighted by Crippen LogP contribution is 2.26. The van der Waals surface area contributed by atoms with Gasteiger partial charge < -0.3 is 5.11 Å². The summed E-state index contributed by atoms with van der Waals surface area (Å²) in [6.07, 6.45) is -0.720. The molecule has 0 fully saturated rings. The van der Waals surface area contributed by atoms with Crippen molar-refractivity contribution in [2.24, 2.45) is 0 Å². The first kappa shape index (κ1) is 12.9. The minimum atomic E-state index is -0.880. The zero-order valence-electron chi connectivity index (χ0n) is 8.66. The van der Waals surface area contributed by atoms with Crippen LogP contribution in [-0.4, -0.2) is 5.11 Å². The van der Waals surface area contributed by atoms with Crippen LogP contribution in [0.4, 0.5) is 8.78 Å². The van der Waals surface area contributed by atoms with Gasteiger partial charge in [0.15, 0.2) is 11.6 Å². The van der Waals surface area contributed by atoms with Gasteiger partial charge >= 0.3 is 0 Å². The lowest BCUT2D eigenvalue weighted by molar-refractivity contribution is 0.177. The zero-order chi connectivity index (χ0) is 12.4. The molecule has 0 bridgehead atoms. The van der Waals surface area contributed by atoms with Crippen molar-refractivity contribution in [1.29, 1.82) is 0 Å². The summed E-state index contributed by atoms with van der Waals surface area (Å²) in [6.45, 7) is 0. The summed E-state index contributed by atoms with van der Waals surface area (Å²) < 4.78 is 27.4. The molecule has 1 aromatic heterocycles. The summed E-state index contributed by atoms with van der Waals surface area (Å²) in [5, 5.41) is 11.7. The van der Waals surface area contributed by atoms with Gasteiger partial charge in [0.1, 0.15) is 0 Å². The van der Waals surface area contributed by atoms with Crippen molar-refractivity contribution in [1.82, 2.24) is 0 Å². The zero-order valence-corrected chi connectivity index (χ0v) is 11.6. The Morgan fingerprint density at radius 3 is 2.76 bits per heavy atom. The number of rotatable bonds is 3. The van der Waals surface area contributed by atoms with E-state index in [0.717, 1.165) is 14.5 Å². The van der Waals surface area contributed by atoms with Crippen molar-refractivity contribution in [2.75, 3.05) is 0 Å². The smallest absolute Gasteiger partial charge is 0.162 e. The molecular formula is C12H9F2IOS. The Kier molecular flexibility index (Phi) is 4.11. The highest BCUT2D eigenvalue weighted by Gasteiger charge is 2.14. The Labute approximate surface area is 115 Å². The van der Waals surface area contributed by atoms with Gasteiger partial charge in [-0.25, -0.2) is 8.78 Å². The molecule has 1 N–H and O–H groups in total. The van der Waals surface area contributed by atoms with Crippen LogP contribution in [0.1, 0.15) is 17.2 Å². The molecule has 1 aromatic carbocycles. The van der Waals surface area contributed by atoms with Crippen LogP contribution >= 0.6 is 33.9 Å². The number of hydrogen-bond donors (Lipinski definition) is 1. The SMILES string of the molecule is OC(Cc1cccc(F)c1F)c1csc(I)c1. The van der Waals surface area contributed by atoms with Crippen LogP contribution in [0, 0.1) is 14.5 Å². The predicted molar refractivity (Wildman–Crippen MR) is 72.1 cm³/mol. The maximum Gasteiger partial charge on any atom is 0.162 e. The van der Waals surface area contributed by atoms with Gasteiger partial charge in [-0.1, -0.05) is 12.1 Å². The fourth-order valence-electron chi connectivity index (χ4n) is 1.53. The predicted octanol–water partition coefficient (Wildman–Crippen LogP) is 3.91. The van der Waals surface area contributed by atoms with Crippen LogP contribution in [0.3, 0.4) is 0 Å². The van der Waals surface area contributed by atoms with Crippen LogP contribution < -0.4 is 0 Å². The van der Waals surface area contributed by atoms with E-state index >= 15 is 0 Å². The van der Waals surface area contributed by atoms with Crippen molar-refractivity contribution in [3.05, 3.63) is 55.3 Å². The van der Waals surface area contributed by atoms with E-state index in [1.807, 2.05) is 11.4 Å². The average Bonchev–Trinajstić information content (AvgIpc) is 2.72. The van der Waals surface area contributed by atoms with E-state index in [9.17, 15) is 13.9 Å². The van der Waals surface area contributed by atoms with Crippen LogP contribution in [0.2, 0.25) is 0 Å². The highest BCUT2D eigenvalue weighted by molar-refractivity contribution is 14.1. The molecule has 1 nitrogen and oxygen atoms in total. The van der Waals surface area contributed by atoms with Crippen molar-refractivity contribution in [2.45, 2.75) is 12.5 Å². The number of hydrogen-bond acceptors (Lipinski definition) is 2. The van der Waals surface area contributed by atoms with Gasteiger partial charge in [-0.05, 0) is 51.2 Å². The lowest BCUT2D eigenvalue weighted by atomic mass is 10.0. The molecule has 1 atom stereocenters. The average molecular weight is 366 g/mol. The van der Waals surface area contributed by atoms with Gasteiger partial charge in [0.25, 0.3) is 0 Å². The first-order valence-corrected chi connectivity index (χ1v) is 6.88. The molecule has 17 heavy (non-hydrogen) atoms. The summed E-state index contributed by atoms with van der Waals surface area (Å²) in [5.74, 6) is -1.76. The molecule has 1 unspecified atom stereocenters. The molecule has 90 valence electrons. The molecule has 0 aliphatic rings. The fourth-order valence-corrected chi connectivity index (χ4v) is 2.95. The van der Waals surface area contributed by atoms with E-state index in [1.165, 1.54) is 23.5 Å². The summed E-state index contributed by atoms with van der Waals surface area (Å²) >= 11 is 3.66. The number of aliphatic hydroxyl groups is 1. The fraction of sp³-hybridized carbons (Fsp3) is 0.167. The van der Waals surface area contributed by atoms with E-state index < -0.39 is 17.7 Å². The topological polar surface area (TPSA) is 20.2 Å². The number of benzene rings is 1. The molecule has 5 heteroatoms. The second-order valence-electron chi connectivity index (χ2n) is 3.62. The van der Waals surface area contributed by atoms with Crippen molar-refractivity contribution < 1.29 is 13.9 Å². The quantitative estimate of drug-likeness (QED) is 0.817. The third-order valence-corrected chi connectivity index (χ3v) is 4.22. The van der Waals surface area contributed by atoms with Crippen LogP contribution in [-0.2, 0) is 6.42 Å². The molecule has 0 aliphatic carbocycles. The number of halogens is 3. The Balaban J connectivity index is 2.18. The van der Waals surface area contributed by atoms with Gasteiger partial charge in [-0.3, -0.25) is 0 Å². The van der Waals surface area contributed by atoms with Crippen LogP contribution in [0.15, 0.2) is 29.6 Å². The Hall–Kier alpha value is -0.530. The van der Waals surface area contributed by atoms with Crippen molar-refractivity contribution in [3.8, 4) is 0 Å². The van der Waals surface area contributed by atoms with E-state index in [2.05, 4.69) is 22.6 Å². The van der Waals surface area contributed by atoms with E-state index in [1.54, 1.807) is 0 Å². The number of aliphatic hydroxyl groups excluding tert-OH is 1. The molecule has 0 radical (unpaired) electrons. The van der Waals surface area contributed by atoms with Gasteiger partial charge in [-0.15, -0.1) is 11.3 Å². The molecular weight excluding hydrogens is 357 g/mol. The van der Waals surface area contributed by atoms with Crippen molar-refractivity contribution >= 4 is 33.9 Å². The summed E-state index contributed by atoms with van der Waals surface area (Å²) in [7, 11) is 0. The minimum absolute atomic E-state index is 0.0798. The summed E-state index contributed by atoms with van der Waals surface area (Å²) in [4.78, 5) is 0. The molecule has 2 aromatic rings. The monoisotopic (exact) mass is 366 g/mol. The lowest BCUT2D eigenvalue weighted by Crippen LogP contribution is -2.03. The van der Waals surface area contributed by atoms with E-state index in [-0.39, 0.29) is 12.0 Å². The third-order valence-electron chi connectivity index (χ3n) is 2.42. The highest BCUT2D eigenvalue weighted by atomic mass is 127. The third kappa shape index (κ3) is 3.02. The largest absolute Gasteiger partial charge is 0.388 e. The van der Waals surface area contributed by atoms with E-state index in [0.29, 0.717) is 0 Å². The molecule has 1 heterocycles. The van der Waals surface area contributed by atoms with E-state index in [4.69, 9.17) is 0 Å². The van der Waals surface area contributed by atoms with Gasteiger partial charge in [-0.2, -0.15) is 0 Å². The molecule has 2 rings (SSSR count). The molecule has 0 saturated heterocycles. The minimum Gasteiger partial charge on any atom is -0.388 e. The Morgan fingerprint density at radius 2 is 2.12 bits per heavy atom. The van der Waals surface area contributed by atoms with Gasteiger partial charge in [0.2, 0.25) is 0 Å². The van der Waals surface area contributed by atoms with Crippen molar-refractivity contribution in [3.63, 3.8) is 0 Å². The molecule has 0 saturated carbocycles. The number of thiophene rings is 1. The normalized spacial score (nSPS) is 12.7. The first-order valence-electron chi connectivity index (χ1n) is 4.93. The van der Waals surface area contributed by atoms with Gasteiger partial charge in [0.05, 0.1) is 8.99 Å². The second kappa shape index (κ2) is 5.41. The second-order valence-corrected chi connectivity index (χ2v) is 6.42. The summed E-state index contributed by atoms with van der Waals surface area (Å²) in [5.41, 5.74) is 0.932. The molecule has 0 aliphatic heterocycles. The maximum atomic E-state index is 13.4. The van der Waals surface area contributed by atoms with Crippen LogP contribution in [0.5, 0.6) is 0 Å². The van der Waals surface area contributed by atoms with Gasteiger partial charge in [0, 0.05) is 6.42 Å². The Bertz CT molecular complexity index is 527. The molecule has 0 amide bonds. The summed E-state index contributed by atoms with van der Waals surface area (Å²) in [6, 6.07) is 5.84. The van der Waals surface area contributed by atoms with Crippen LogP contribution in [0.25, 0.3) is 0 Å². The lowest BCUT2D eigenvalue weighted by Gasteiger charge is -2.09.